The number of likely N-dealkylation sites (N-methyl/N-ethyl adjacent to an activating group) is 1. The van der Waals surface area contributed by atoms with E-state index < -0.39 is 6.04 Å². The molecule has 0 spiro atoms. The smallest absolute Gasteiger partial charge is 0.262 e. The van der Waals surface area contributed by atoms with Gasteiger partial charge < -0.3 is 9.64 Å². The Morgan fingerprint density at radius 1 is 1.12 bits per heavy atom. The fourth-order valence-corrected chi connectivity index (χ4v) is 4.07. The number of amides is 2. The molecule has 0 N–H and O–H groups in total. The van der Waals surface area contributed by atoms with Crippen molar-refractivity contribution in [2.24, 2.45) is 5.10 Å². The highest BCUT2D eigenvalue weighted by molar-refractivity contribution is 6.33. The number of hydrogen-bond donors (Lipinski definition) is 0. The van der Waals surface area contributed by atoms with Gasteiger partial charge in [0, 0.05) is 19.0 Å². The average Bonchev–Trinajstić information content (AvgIpc) is 3.30. The third-order valence-corrected chi connectivity index (χ3v) is 5.98. The Balaban J connectivity index is 1.61. The van der Waals surface area contributed by atoms with E-state index in [-0.39, 0.29) is 24.2 Å². The summed E-state index contributed by atoms with van der Waals surface area (Å²) < 4.78 is 18.8. The summed E-state index contributed by atoms with van der Waals surface area (Å²) in [5, 5.41) is 6.29. The van der Waals surface area contributed by atoms with Gasteiger partial charge in [-0.1, -0.05) is 48.0 Å². The second kappa shape index (κ2) is 10.1. The molecule has 4 rings (SSSR count). The van der Waals surface area contributed by atoms with Crippen molar-refractivity contribution >= 4 is 29.1 Å². The van der Waals surface area contributed by atoms with Gasteiger partial charge in [-0.05, 0) is 42.0 Å². The zero-order valence-corrected chi connectivity index (χ0v) is 19.5. The summed E-state index contributed by atoms with van der Waals surface area (Å²) in [6.07, 6.45) is 0.437. The third kappa shape index (κ3) is 4.94. The summed E-state index contributed by atoms with van der Waals surface area (Å²) in [6.45, 7) is -0.198. The van der Waals surface area contributed by atoms with Crippen LogP contribution in [0.25, 0.3) is 0 Å². The SMILES string of the molecule is COc1cccc(C2=NN(C(=O)CN(C)C(=O)c3ccccc3Cl)[C@@H](c3ccc(F)cc3)C2)c1. The van der Waals surface area contributed by atoms with E-state index in [9.17, 15) is 14.0 Å². The lowest BCUT2D eigenvalue weighted by Gasteiger charge is -2.25. The molecule has 2 amide bonds. The van der Waals surface area contributed by atoms with Crippen LogP contribution in [-0.4, -0.2) is 48.1 Å². The number of rotatable bonds is 6. The molecule has 34 heavy (non-hydrogen) atoms. The van der Waals surface area contributed by atoms with Crippen molar-refractivity contribution in [3.63, 3.8) is 0 Å². The number of carbonyl (C=O) groups is 2. The summed E-state index contributed by atoms with van der Waals surface area (Å²) in [5.41, 5.74) is 2.58. The van der Waals surface area contributed by atoms with E-state index in [0.29, 0.717) is 28.5 Å². The van der Waals surface area contributed by atoms with Crippen LogP contribution < -0.4 is 4.74 Å². The quantitative estimate of drug-likeness (QED) is 0.503. The van der Waals surface area contributed by atoms with Crippen LogP contribution in [0, 0.1) is 5.82 Å². The van der Waals surface area contributed by atoms with Crippen LogP contribution >= 0.6 is 11.6 Å². The number of hydrazone groups is 1. The first-order valence-corrected chi connectivity index (χ1v) is 11.0. The molecule has 0 saturated carbocycles. The first kappa shape index (κ1) is 23.4. The Hall–Kier alpha value is -3.71. The normalized spacial score (nSPS) is 15.1. The fourth-order valence-electron chi connectivity index (χ4n) is 3.85. The van der Waals surface area contributed by atoms with Crippen molar-refractivity contribution in [3.05, 3.63) is 100 Å². The number of hydrogen-bond acceptors (Lipinski definition) is 4. The molecule has 6 nitrogen and oxygen atoms in total. The van der Waals surface area contributed by atoms with E-state index >= 15 is 0 Å². The van der Waals surface area contributed by atoms with Gasteiger partial charge in [-0.3, -0.25) is 9.59 Å². The lowest BCUT2D eigenvalue weighted by Crippen LogP contribution is -2.39. The van der Waals surface area contributed by atoms with E-state index in [2.05, 4.69) is 5.10 Å². The zero-order chi connectivity index (χ0) is 24.2. The molecule has 1 aliphatic heterocycles. The van der Waals surface area contributed by atoms with Crippen LogP contribution in [0.3, 0.4) is 0 Å². The van der Waals surface area contributed by atoms with Crippen molar-refractivity contribution in [1.82, 2.24) is 9.91 Å². The second-order valence-corrected chi connectivity index (χ2v) is 8.34. The molecular weight excluding hydrogens is 457 g/mol. The van der Waals surface area contributed by atoms with Gasteiger partial charge in [0.1, 0.15) is 18.1 Å². The maximum absolute atomic E-state index is 13.5. The lowest BCUT2D eigenvalue weighted by atomic mass is 9.98. The zero-order valence-electron chi connectivity index (χ0n) is 18.7. The van der Waals surface area contributed by atoms with E-state index in [1.807, 2.05) is 24.3 Å². The maximum atomic E-state index is 13.5. The Labute approximate surface area is 202 Å². The molecule has 1 aliphatic rings. The first-order chi connectivity index (χ1) is 16.4. The molecule has 8 heteroatoms. The summed E-state index contributed by atoms with van der Waals surface area (Å²) in [4.78, 5) is 27.5. The van der Waals surface area contributed by atoms with Gasteiger partial charge in [-0.25, -0.2) is 9.40 Å². The van der Waals surface area contributed by atoms with Gasteiger partial charge >= 0.3 is 0 Å². The molecule has 1 atom stereocenters. The Bertz CT molecular complexity index is 1250. The van der Waals surface area contributed by atoms with Gasteiger partial charge in [0.05, 0.1) is 29.4 Å². The Kier molecular flexibility index (Phi) is 6.93. The highest BCUT2D eigenvalue weighted by atomic mass is 35.5. The van der Waals surface area contributed by atoms with Crippen molar-refractivity contribution in [2.75, 3.05) is 20.7 Å². The van der Waals surface area contributed by atoms with E-state index in [1.165, 1.54) is 22.0 Å². The van der Waals surface area contributed by atoms with Crippen molar-refractivity contribution in [3.8, 4) is 5.75 Å². The van der Waals surface area contributed by atoms with E-state index in [1.54, 1.807) is 50.6 Å². The van der Waals surface area contributed by atoms with E-state index in [0.717, 1.165) is 11.1 Å². The molecule has 174 valence electrons. The molecule has 0 aromatic heterocycles. The molecule has 0 saturated heterocycles. The number of benzene rings is 3. The fraction of sp³-hybridized carbons (Fsp3) is 0.192. The number of halogens is 2. The van der Waals surface area contributed by atoms with Crippen LogP contribution in [0.5, 0.6) is 5.75 Å². The topological polar surface area (TPSA) is 62.2 Å². The lowest BCUT2D eigenvalue weighted by molar-refractivity contribution is -0.133. The Morgan fingerprint density at radius 2 is 1.85 bits per heavy atom. The largest absolute Gasteiger partial charge is 0.497 e. The molecule has 0 aliphatic carbocycles. The van der Waals surface area contributed by atoms with Crippen LogP contribution in [0.4, 0.5) is 4.39 Å². The molecule has 0 unspecified atom stereocenters. The van der Waals surface area contributed by atoms with Gasteiger partial charge in [0.2, 0.25) is 0 Å². The first-order valence-electron chi connectivity index (χ1n) is 10.7. The Morgan fingerprint density at radius 3 is 2.56 bits per heavy atom. The third-order valence-electron chi connectivity index (χ3n) is 5.65. The second-order valence-electron chi connectivity index (χ2n) is 7.93. The molecule has 0 radical (unpaired) electrons. The van der Waals surface area contributed by atoms with Crippen molar-refractivity contribution in [2.45, 2.75) is 12.5 Å². The number of ether oxygens (including phenoxy) is 1. The summed E-state index contributed by atoms with van der Waals surface area (Å²) in [6, 6.07) is 19.7. The van der Waals surface area contributed by atoms with Crippen molar-refractivity contribution in [1.29, 1.82) is 0 Å². The number of carbonyl (C=O) groups excluding carboxylic acids is 2. The van der Waals surface area contributed by atoms with Crippen LogP contribution in [0.1, 0.15) is 33.9 Å². The van der Waals surface area contributed by atoms with Crippen LogP contribution in [0.2, 0.25) is 5.02 Å². The summed E-state index contributed by atoms with van der Waals surface area (Å²) in [5.74, 6) is -0.421. The number of methoxy groups -OCH3 is 1. The molecule has 3 aromatic carbocycles. The minimum absolute atomic E-state index is 0.198. The van der Waals surface area contributed by atoms with E-state index in [4.69, 9.17) is 16.3 Å². The predicted molar refractivity (Wildman–Crippen MR) is 129 cm³/mol. The minimum Gasteiger partial charge on any atom is -0.497 e. The highest BCUT2D eigenvalue weighted by Crippen LogP contribution is 2.33. The van der Waals surface area contributed by atoms with Crippen LogP contribution in [0.15, 0.2) is 77.9 Å². The predicted octanol–water partition coefficient (Wildman–Crippen LogP) is 4.94. The molecule has 0 fully saturated rings. The standard InChI is InChI=1S/C26H23ClFN3O3/c1-30(26(33)21-8-3-4-9-22(21)27)16-25(32)31-24(17-10-12-19(28)13-11-17)15-23(29-31)18-6-5-7-20(14-18)34-2/h3-14,24H,15-16H2,1-2H3/t24-/m1/s1. The summed E-state index contributed by atoms with van der Waals surface area (Å²) in [7, 11) is 3.12. The summed E-state index contributed by atoms with van der Waals surface area (Å²) >= 11 is 6.15. The maximum Gasteiger partial charge on any atom is 0.262 e. The van der Waals surface area contributed by atoms with Crippen LogP contribution in [-0.2, 0) is 4.79 Å². The van der Waals surface area contributed by atoms with Crippen molar-refractivity contribution < 1.29 is 18.7 Å². The monoisotopic (exact) mass is 479 g/mol. The van der Waals surface area contributed by atoms with Gasteiger partial charge in [0.25, 0.3) is 11.8 Å². The molecule has 0 bridgehead atoms. The van der Waals surface area contributed by atoms with Gasteiger partial charge in [-0.2, -0.15) is 5.10 Å². The molecular formula is C26H23ClFN3O3. The highest BCUT2D eigenvalue weighted by Gasteiger charge is 2.34. The van der Waals surface area contributed by atoms with Gasteiger partial charge in [-0.15, -0.1) is 0 Å². The van der Waals surface area contributed by atoms with Gasteiger partial charge in [0.15, 0.2) is 0 Å². The average molecular weight is 480 g/mol. The number of nitrogens with zero attached hydrogens (tertiary/aromatic N) is 3. The molecule has 1 heterocycles. The molecule has 3 aromatic rings. The minimum atomic E-state index is -0.432.